The van der Waals surface area contributed by atoms with Gasteiger partial charge in [0, 0.05) is 38.6 Å². The summed E-state index contributed by atoms with van der Waals surface area (Å²) >= 11 is 0. The van der Waals surface area contributed by atoms with Crippen molar-refractivity contribution in [3.8, 4) is 5.75 Å². The summed E-state index contributed by atoms with van der Waals surface area (Å²) in [6.07, 6.45) is 3.33. The van der Waals surface area contributed by atoms with Crippen LogP contribution in [0.1, 0.15) is 31.2 Å². The first-order valence-electron chi connectivity index (χ1n) is 10.8. The standard InChI is InChI=1S/C22H30N4O4/c1-30-18-4-2-16(3-5-18)8-11-25-12-14-26(15-13-25)19(27)17-6-9-22(10-7-17)20(28)23-21(29)24-22/h2-5,17H,6-15H2,1H3,(H2,23,24,28,29). The van der Waals surface area contributed by atoms with Crippen molar-refractivity contribution in [1.29, 1.82) is 0 Å². The van der Waals surface area contributed by atoms with Crippen LogP contribution in [-0.4, -0.2) is 73.0 Å². The molecule has 8 nitrogen and oxygen atoms in total. The van der Waals surface area contributed by atoms with E-state index >= 15 is 0 Å². The number of methoxy groups -OCH3 is 1. The Morgan fingerprint density at radius 2 is 1.77 bits per heavy atom. The average molecular weight is 415 g/mol. The smallest absolute Gasteiger partial charge is 0.322 e. The number of amides is 4. The summed E-state index contributed by atoms with van der Waals surface area (Å²) in [6, 6.07) is 7.75. The topological polar surface area (TPSA) is 91.0 Å². The lowest BCUT2D eigenvalue weighted by Gasteiger charge is -2.39. The molecule has 4 rings (SSSR count). The quantitative estimate of drug-likeness (QED) is 0.706. The molecule has 1 aromatic carbocycles. The molecule has 0 aromatic heterocycles. The molecule has 0 atom stereocenters. The highest BCUT2D eigenvalue weighted by molar-refractivity contribution is 6.07. The van der Waals surface area contributed by atoms with Crippen LogP contribution in [0.15, 0.2) is 24.3 Å². The van der Waals surface area contributed by atoms with E-state index in [-0.39, 0.29) is 17.7 Å². The van der Waals surface area contributed by atoms with Crippen LogP contribution in [-0.2, 0) is 16.0 Å². The number of carbonyl (C=O) groups excluding carboxylic acids is 3. The van der Waals surface area contributed by atoms with Gasteiger partial charge in [-0.25, -0.2) is 4.79 Å². The van der Waals surface area contributed by atoms with E-state index in [1.54, 1.807) is 7.11 Å². The zero-order valence-corrected chi connectivity index (χ0v) is 17.5. The van der Waals surface area contributed by atoms with Gasteiger partial charge in [-0.05, 0) is 49.8 Å². The minimum atomic E-state index is -0.798. The highest BCUT2D eigenvalue weighted by Gasteiger charge is 2.49. The van der Waals surface area contributed by atoms with Gasteiger partial charge in [0.05, 0.1) is 7.11 Å². The molecular weight excluding hydrogens is 384 g/mol. The first-order chi connectivity index (χ1) is 14.5. The van der Waals surface area contributed by atoms with Crippen molar-refractivity contribution < 1.29 is 19.1 Å². The predicted molar refractivity (Wildman–Crippen MR) is 111 cm³/mol. The number of ether oxygens (including phenoxy) is 1. The number of hydrogen-bond donors (Lipinski definition) is 2. The van der Waals surface area contributed by atoms with E-state index in [4.69, 9.17) is 4.74 Å². The third-order valence-corrected chi connectivity index (χ3v) is 6.76. The van der Waals surface area contributed by atoms with Gasteiger partial charge in [0.15, 0.2) is 0 Å². The summed E-state index contributed by atoms with van der Waals surface area (Å²) in [5.41, 5.74) is 0.488. The maximum atomic E-state index is 13.0. The molecule has 4 amide bonds. The van der Waals surface area contributed by atoms with Crippen LogP contribution in [0.5, 0.6) is 5.75 Å². The van der Waals surface area contributed by atoms with Gasteiger partial charge in [0.1, 0.15) is 11.3 Å². The minimum Gasteiger partial charge on any atom is -0.497 e. The zero-order chi connectivity index (χ0) is 21.1. The van der Waals surface area contributed by atoms with Crippen LogP contribution >= 0.6 is 0 Å². The fraction of sp³-hybridized carbons (Fsp3) is 0.591. The highest BCUT2D eigenvalue weighted by atomic mass is 16.5. The molecule has 3 fully saturated rings. The SMILES string of the molecule is COc1ccc(CCN2CCN(C(=O)C3CCC4(CC3)NC(=O)NC4=O)CC2)cc1. The number of carbonyl (C=O) groups is 3. The average Bonchev–Trinajstić information content (AvgIpc) is 3.05. The molecule has 2 aliphatic heterocycles. The van der Waals surface area contributed by atoms with Gasteiger partial charge in [-0.2, -0.15) is 0 Å². The van der Waals surface area contributed by atoms with E-state index in [9.17, 15) is 14.4 Å². The molecule has 3 aliphatic rings. The van der Waals surface area contributed by atoms with Gasteiger partial charge >= 0.3 is 6.03 Å². The van der Waals surface area contributed by atoms with Crippen LogP contribution in [0, 0.1) is 5.92 Å². The van der Waals surface area contributed by atoms with E-state index in [0.29, 0.717) is 25.7 Å². The summed E-state index contributed by atoms with van der Waals surface area (Å²) in [6.45, 7) is 4.25. The minimum absolute atomic E-state index is 0.0493. The van der Waals surface area contributed by atoms with E-state index in [0.717, 1.165) is 44.9 Å². The zero-order valence-electron chi connectivity index (χ0n) is 17.5. The molecule has 8 heteroatoms. The Morgan fingerprint density at radius 3 is 2.33 bits per heavy atom. The number of rotatable bonds is 5. The Balaban J connectivity index is 1.21. The monoisotopic (exact) mass is 414 g/mol. The predicted octanol–water partition coefficient (Wildman–Crippen LogP) is 1.15. The van der Waals surface area contributed by atoms with E-state index in [1.165, 1.54) is 5.56 Å². The molecule has 1 spiro atoms. The molecule has 1 aliphatic carbocycles. The molecule has 2 heterocycles. The molecule has 1 saturated carbocycles. The molecule has 2 N–H and O–H groups in total. The number of benzene rings is 1. The van der Waals surface area contributed by atoms with Crippen molar-refractivity contribution >= 4 is 17.8 Å². The van der Waals surface area contributed by atoms with Crippen molar-refractivity contribution in [1.82, 2.24) is 20.4 Å². The number of nitrogens with zero attached hydrogens (tertiary/aromatic N) is 2. The fourth-order valence-corrected chi connectivity index (χ4v) is 4.77. The Hall–Kier alpha value is -2.61. The number of hydrogen-bond acceptors (Lipinski definition) is 5. The van der Waals surface area contributed by atoms with Gasteiger partial charge in [0.2, 0.25) is 5.91 Å². The third-order valence-electron chi connectivity index (χ3n) is 6.76. The Labute approximate surface area is 176 Å². The van der Waals surface area contributed by atoms with E-state index in [1.807, 2.05) is 17.0 Å². The fourth-order valence-electron chi connectivity index (χ4n) is 4.77. The van der Waals surface area contributed by atoms with Crippen LogP contribution in [0.3, 0.4) is 0 Å². The maximum absolute atomic E-state index is 13.0. The lowest BCUT2D eigenvalue weighted by molar-refractivity contribution is -0.140. The van der Waals surface area contributed by atoms with E-state index < -0.39 is 11.6 Å². The second-order valence-corrected chi connectivity index (χ2v) is 8.53. The summed E-state index contributed by atoms with van der Waals surface area (Å²) in [4.78, 5) is 40.9. The summed E-state index contributed by atoms with van der Waals surface area (Å²) < 4.78 is 5.20. The van der Waals surface area contributed by atoms with Crippen LogP contribution in [0.25, 0.3) is 0 Å². The Morgan fingerprint density at radius 1 is 1.10 bits per heavy atom. The second kappa shape index (κ2) is 8.63. The molecular formula is C22H30N4O4. The normalized spacial score (nSPS) is 27.1. The van der Waals surface area contributed by atoms with Gasteiger partial charge in [-0.15, -0.1) is 0 Å². The number of piperazine rings is 1. The molecule has 162 valence electrons. The van der Waals surface area contributed by atoms with Crippen molar-refractivity contribution in [2.24, 2.45) is 5.92 Å². The highest BCUT2D eigenvalue weighted by Crippen LogP contribution is 2.35. The lowest BCUT2D eigenvalue weighted by Crippen LogP contribution is -2.53. The van der Waals surface area contributed by atoms with Gasteiger partial charge in [-0.3, -0.25) is 19.8 Å². The third kappa shape index (κ3) is 4.28. The van der Waals surface area contributed by atoms with Gasteiger partial charge in [0.25, 0.3) is 5.91 Å². The van der Waals surface area contributed by atoms with Crippen molar-refractivity contribution in [2.45, 2.75) is 37.6 Å². The summed E-state index contributed by atoms with van der Waals surface area (Å²) in [5, 5.41) is 5.08. The molecule has 30 heavy (non-hydrogen) atoms. The molecule has 1 aromatic rings. The lowest BCUT2D eigenvalue weighted by atomic mass is 9.76. The van der Waals surface area contributed by atoms with Crippen LogP contribution in [0.2, 0.25) is 0 Å². The van der Waals surface area contributed by atoms with Crippen LogP contribution in [0.4, 0.5) is 4.79 Å². The Kier molecular flexibility index (Phi) is 5.94. The van der Waals surface area contributed by atoms with Crippen molar-refractivity contribution in [3.05, 3.63) is 29.8 Å². The first-order valence-corrected chi connectivity index (χ1v) is 10.8. The molecule has 0 radical (unpaired) electrons. The summed E-state index contributed by atoms with van der Waals surface area (Å²) in [5.74, 6) is 0.774. The second-order valence-electron chi connectivity index (χ2n) is 8.53. The maximum Gasteiger partial charge on any atom is 0.322 e. The first kappa shape index (κ1) is 20.7. The molecule has 0 bridgehead atoms. The van der Waals surface area contributed by atoms with Crippen molar-refractivity contribution in [3.63, 3.8) is 0 Å². The van der Waals surface area contributed by atoms with Crippen molar-refractivity contribution in [2.75, 3.05) is 39.8 Å². The number of nitrogens with one attached hydrogen (secondary N) is 2. The largest absolute Gasteiger partial charge is 0.497 e. The van der Waals surface area contributed by atoms with Gasteiger partial charge in [-0.1, -0.05) is 12.1 Å². The molecule has 2 saturated heterocycles. The Bertz CT molecular complexity index is 794. The number of urea groups is 1. The summed E-state index contributed by atoms with van der Waals surface area (Å²) in [7, 11) is 1.67. The van der Waals surface area contributed by atoms with Crippen LogP contribution < -0.4 is 15.4 Å². The van der Waals surface area contributed by atoms with E-state index in [2.05, 4.69) is 27.7 Å². The number of imide groups is 1. The van der Waals surface area contributed by atoms with Gasteiger partial charge < -0.3 is 15.0 Å². The molecule has 0 unspecified atom stereocenters.